The Kier molecular flexibility index (Phi) is 6.67. The molecule has 166 valence electrons. The zero-order chi connectivity index (χ0) is 22.7. The SMILES string of the molecule is COc1cc2c(cc1OC)C(c1ccccc1Cl)N(C(=O)CNC(=O)c1cccs1)CC2. The van der Waals surface area contributed by atoms with Crippen LogP contribution in [-0.2, 0) is 11.2 Å². The fourth-order valence-corrected chi connectivity index (χ4v) is 4.88. The summed E-state index contributed by atoms with van der Waals surface area (Å²) < 4.78 is 11.0. The second-order valence-corrected chi connectivity index (χ2v) is 8.68. The molecule has 2 heterocycles. The van der Waals surface area contributed by atoms with Crippen LogP contribution in [0, 0.1) is 0 Å². The number of ether oxygens (including phenoxy) is 2. The molecule has 1 aliphatic rings. The van der Waals surface area contributed by atoms with Crippen LogP contribution in [0.4, 0.5) is 0 Å². The van der Waals surface area contributed by atoms with Gasteiger partial charge in [-0.3, -0.25) is 9.59 Å². The van der Waals surface area contributed by atoms with Gasteiger partial charge in [0.15, 0.2) is 11.5 Å². The summed E-state index contributed by atoms with van der Waals surface area (Å²) in [5, 5.41) is 5.13. The van der Waals surface area contributed by atoms with Crippen molar-refractivity contribution >= 4 is 34.8 Å². The summed E-state index contributed by atoms with van der Waals surface area (Å²) in [5.41, 5.74) is 2.82. The van der Waals surface area contributed by atoms with Gasteiger partial charge in [-0.05, 0) is 52.8 Å². The zero-order valence-corrected chi connectivity index (χ0v) is 19.3. The van der Waals surface area contributed by atoms with E-state index in [0.717, 1.165) is 16.7 Å². The summed E-state index contributed by atoms with van der Waals surface area (Å²) in [7, 11) is 3.19. The van der Waals surface area contributed by atoms with Crippen LogP contribution in [0.2, 0.25) is 5.02 Å². The van der Waals surface area contributed by atoms with Crippen LogP contribution in [0.15, 0.2) is 53.9 Å². The van der Waals surface area contributed by atoms with Gasteiger partial charge in [0, 0.05) is 11.6 Å². The van der Waals surface area contributed by atoms with Gasteiger partial charge in [0.1, 0.15) is 0 Å². The number of hydrogen-bond acceptors (Lipinski definition) is 5. The maximum Gasteiger partial charge on any atom is 0.261 e. The van der Waals surface area contributed by atoms with Gasteiger partial charge in [-0.1, -0.05) is 35.9 Å². The van der Waals surface area contributed by atoms with Crippen molar-refractivity contribution in [2.75, 3.05) is 27.3 Å². The van der Waals surface area contributed by atoms with Crippen LogP contribution in [-0.4, -0.2) is 44.0 Å². The Hall–Kier alpha value is -3.03. The van der Waals surface area contributed by atoms with Crippen molar-refractivity contribution in [1.82, 2.24) is 10.2 Å². The van der Waals surface area contributed by atoms with Gasteiger partial charge in [-0.2, -0.15) is 0 Å². The molecule has 0 aliphatic carbocycles. The molecule has 2 amide bonds. The number of amides is 2. The number of carbonyl (C=O) groups is 2. The molecule has 4 rings (SSSR count). The Bertz CT molecular complexity index is 1130. The Labute approximate surface area is 195 Å². The summed E-state index contributed by atoms with van der Waals surface area (Å²) in [6, 6.07) is 14.5. The molecule has 8 heteroatoms. The first-order valence-electron chi connectivity index (χ1n) is 10.1. The van der Waals surface area contributed by atoms with Gasteiger partial charge >= 0.3 is 0 Å². The number of rotatable bonds is 6. The maximum absolute atomic E-state index is 13.3. The van der Waals surface area contributed by atoms with Crippen LogP contribution < -0.4 is 14.8 Å². The van der Waals surface area contributed by atoms with E-state index >= 15 is 0 Å². The van der Waals surface area contributed by atoms with E-state index in [2.05, 4.69) is 5.32 Å². The number of nitrogens with one attached hydrogen (secondary N) is 1. The average Bonchev–Trinajstić information content (AvgIpc) is 3.36. The predicted octanol–water partition coefficient (Wildman–Crippen LogP) is 4.32. The number of benzene rings is 2. The highest BCUT2D eigenvalue weighted by molar-refractivity contribution is 7.12. The second kappa shape index (κ2) is 9.63. The Morgan fingerprint density at radius 2 is 1.84 bits per heavy atom. The van der Waals surface area contributed by atoms with Crippen LogP contribution in [0.1, 0.15) is 32.4 Å². The number of fused-ring (bicyclic) bond motifs is 1. The quantitative estimate of drug-likeness (QED) is 0.582. The molecule has 32 heavy (non-hydrogen) atoms. The van der Waals surface area contributed by atoms with E-state index in [1.165, 1.54) is 11.3 Å². The molecule has 0 bridgehead atoms. The first kappa shape index (κ1) is 22.2. The topological polar surface area (TPSA) is 67.9 Å². The first-order valence-corrected chi connectivity index (χ1v) is 11.4. The molecule has 0 fully saturated rings. The van der Waals surface area contributed by atoms with E-state index in [1.54, 1.807) is 31.3 Å². The summed E-state index contributed by atoms with van der Waals surface area (Å²) in [6.07, 6.45) is 0.654. The third kappa shape index (κ3) is 4.31. The normalized spacial score (nSPS) is 15.1. The molecule has 0 spiro atoms. The summed E-state index contributed by atoms with van der Waals surface area (Å²) in [5.74, 6) is 0.794. The Morgan fingerprint density at radius 1 is 1.09 bits per heavy atom. The van der Waals surface area contributed by atoms with Gasteiger partial charge in [0.05, 0.1) is 31.7 Å². The smallest absolute Gasteiger partial charge is 0.261 e. The molecular formula is C24H23ClN2O4S. The van der Waals surface area contributed by atoms with Gasteiger partial charge in [-0.15, -0.1) is 11.3 Å². The number of thiophene rings is 1. The molecule has 1 unspecified atom stereocenters. The predicted molar refractivity (Wildman–Crippen MR) is 125 cm³/mol. The minimum atomic E-state index is -0.404. The van der Waals surface area contributed by atoms with Crippen molar-refractivity contribution in [3.63, 3.8) is 0 Å². The molecule has 1 N–H and O–H groups in total. The highest BCUT2D eigenvalue weighted by Crippen LogP contribution is 2.42. The highest BCUT2D eigenvalue weighted by Gasteiger charge is 2.34. The molecule has 3 aromatic rings. The largest absolute Gasteiger partial charge is 0.493 e. The lowest BCUT2D eigenvalue weighted by atomic mass is 9.87. The molecule has 2 aromatic carbocycles. The van der Waals surface area contributed by atoms with Crippen molar-refractivity contribution < 1.29 is 19.1 Å². The number of methoxy groups -OCH3 is 2. The molecule has 6 nitrogen and oxygen atoms in total. The first-order chi connectivity index (χ1) is 15.5. The molecule has 1 aliphatic heterocycles. The molecule has 1 atom stereocenters. The summed E-state index contributed by atoms with van der Waals surface area (Å²) >= 11 is 7.89. The Morgan fingerprint density at radius 3 is 2.53 bits per heavy atom. The third-order valence-electron chi connectivity index (χ3n) is 5.54. The minimum Gasteiger partial charge on any atom is -0.493 e. The van der Waals surface area contributed by atoms with E-state index in [4.69, 9.17) is 21.1 Å². The van der Waals surface area contributed by atoms with E-state index < -0.39 is 6.04 Å². The fraction of sp³-hybridized carbons (Fsp3) is 0.250. The number of halogens is 1. The Balaban J connectivity index is 1.68. The molecular weight excluding hydrogens is 448 g/mol. The molecule has 1 aromatic heterocycles. The van der Waals surface area contributed by atoms with E-state index in [-0.39, 0.29) is 18.4 Å². The van der Waals surface area contributed by atoms with E-state index in [0.29, 0.717) is 34.4 Å². The number of nitrogens with zero attached hydrogens (tertiary/aromatic N) is 1. The van der Waals surface area contributed by atoms with Crippen LogP contribution in [0.5, 0.6) is 11.5 Å². The highest BCUT2D eigenvalue weighted by atomic mass is 35.5. The van der Waals surface area contributed by atoms with Crippen LogP contribution in [0.25, 0.3) is 0 Å². The molecule has 0 saturated carbocycles. The standard InChI is InChI=1S/C24H23ClN2O4S/c1-30-19-12-15-9-10-27(22(28)14-26-24(29)21-8-5-11-32-21)23(17(15)13-20(19)31-2)16-6-3-4-7-18(16)25/h3-8,11-13,23H,9-10,14H2,1-2H3,(H,26,29). The monoisotopic (exact) mass is 470 g/mol. The third-order valence-corrected chi connectivity index (χ3v) is 6.75. The van der Waals surface area contributed by atoms with Crippen LogP contribution >= 0.6 is 22.9 Å². The lowest BCUT2D eigenvalue weighted by Gasteiger charge is -2.38. The van der Waals surface area contributed by atoms with Crippen molar-refractivity contribution in [3.05, 3.63) is 80.5 Å². The van der Waals surface area contributed by atoms with E-state index in [9.17, 15) is 9.59 Å². The van der Waals surface area contributed by atoms with Crippen molar-refractivity contribution in [1.29, 1.82) is 0 Å². The van der Waals surface area contributed by atoms with Gasteiger partial charge in [0.25, 0.3) is 5.91 Å². The van der Waals surface area contributed by atoms with E-state index in [1.807, 2.05) is 41.8 Å². The van der Waals surface area contributed by atoms with Gasteiger partial charge in [-0.25, -0.2) is 0 Å². The number of carbonyl (C=O) groups excluding carboxylic acids is 2. The molecule has 0 radical (unpaired) electrons. The maximum atomic E-state index is 13.3. The second-order valence-electron chi connectivity index (χ2n) is 7.33. The van der Waals surface area contributed by atoms with Gasteiger partial charge < -0.3 is 19.7 Å². The lowest BCUT2D eigenvalue weighted by Crippen LogP contribution is -2.45. The van der Waals surface area contributed by atoms with Gasteiger partial charge in [0.2, 0.25) is 5.91 Å². The fourth-order valence-electron chi connectivity index (χ4n) is 4.00. The average molecular weight is 471 g/mol. The van der Waals surface area contributed by atoms with Crippen LogP contribution in [0.3, 0.4) is 0 Å². The van der Waals surface area contributed by atoms with Crippen molar-refractivity contribution in [2.45, 2.75) is 12.5 Å². The zero-order valence-electron chi connectivity index (χ0n) is 17.8. The lowest BCUT2D eigenvalue weighted by molar-refractivity contribution is -0.132. The summed E-state index contributed by atoms with van der Waals surface area (Å²) in [6.45, 7) is 0.395. The minimum absolute atomic E-state index is 0.0969. The molecule has 0 saturated heterocycles. The van der Waals surface area contributed by atoms with Crippen molar-refractivity contribution in [3.8, 4) is 11.5 Å². The number of hydrogen-bond donors (Lipinski definition) is 1. The summed E-state index contributed by atoms with van der Waals surface area (Å²) in [4.78, 5) is 27.9. The van der Waals surface area contributed by atoms with Crippen molar-refractivity contribution in [2.24, 2.45) is 0 Å².